The number of nitrogens with one attached hydrogen (secondary N) is 5. The molecule has 248 valence electrons. The maximum atomic E-state index is 12.2. The molecule has 4 amide bonds. The summed E-state index contributed by atoms with van der Waals surface area (Å²) in [6.45, 7) is 0.439. The minimum Gasteiger partial charge on any atom is -0.480 e. The Balaban J connectivity index is 4.20. The van der Waals surface area contributed by atoms with E-state index in [2.05, 4.69) is 26.0 Å². The maximum Gasteiger partial charge on any atom is 0.326 e. The zero-order chi connectivity index (χ0) is 32.7. The van der Waals surface area contributed by atoms with Crippen molar-refractivity contribution in [1.29, 1.82) is 0 Å². The van der Waals surface area contributed by atoms with Gasteiger partial charge in [-0.25, -0.2) is 22.7 Å². The molecule has 0 aromatic rings. The van der Waals surface area contributed by atoms with Gasteiger partial charge in [0.15, 0.2) is 0 Å². The number of carbonyl (C=O) groups is 6. The Morgan fingerprint density at radius 1 is 0.698 bits per heavy atom. The Morgan fingerprint density at radius 2 is 1.21 bits per heavy atom. The molecule has 0 heterocycles. The third-order valence-electron chi connectivity index (χ3n) is 5.52. The molecule has 0 rings (SSSR count). The van der Waals surface area contributed by atoms with Crippen LogP contribution in [-0.2, 0) is 53.0 Å². The Kier molecular flexibility index (Phi) is 21.3. The lowest BCUT2D eigenvalue weighted by atomic mass is 10.1. The molecule has 0 aliphatic carbocycles. The van der Waals surface area contributed by atoms with E-state index in [-0.39, 0.29) is 83.3 Å². The van der Waals surface area contributed by atoms with Crippen LogP contribution in [0.15, 0.2) is 0 Å². The van der Waals surface area contributed by atoms with Crippen molar-refractivity contribution in [3.63, 3.8) is 0 Å². The number of aliphatic carboxylic acids is 2. The Morgan fingerprint density at radius 3 is 1.77 bits per heavy atom. The fourth-order valence-corrected chi connectivity index (χ4v) is 3.94. The number of methoxy groups -OCH3 is 1. The van der Waals surface area contributed by atoms with Gasteiger partial charge in [0.1, 0.15) is 18.7 Å². The first-order valence-electron chi connectivity index (χ1n) is 13.4. The first-order valence-corrected chi connectivity index (χ1v) is 15.1. The lowest BCUT2D eigenvalue weighted by Crippen LogP contribution is -2.45. The molecule has 0 bridgehead atoms. The van der Waals surface area contributed by atoms with Crippen molar-refractivity contribution in [3.05, 3.63) is 0 Å². The largest absolute Gasteiger partial charge is 0.480 e. The van der Waals surface area contributed by atoms with Gasteiger partial charge in [-0.2, -0.15) is 0 Å². The average molecular weight is 642 g/mol. The molecule has 0 unspecified atom stereocenters. The molecule has 0 saturated carbocycles. The summed E-state index contributed by atoms with van der Waals surface area (Å²) < 4.78 is 39.9. The number of carboxylic acids is 2. The second kappa shape index (κ2) is 23.1. The number of ether oxygens (including phenoxy) is 3. The molecule has 18 nitrogen and oxygen atoms in total. The molecule has 7 N–H and O–H groups in total. The SMILES string of the molecule is CNS(=O)(=O)CCCC(=O)NCCOCCOCC(=O)N[C@@H](CCC(=O)N[C@@H](CCC(=O)NCCOC)C(=O)O)C(=O)O. The Labute approximate surface area is 250 Å². The van der Waals surface area contributed by atoms with Crippen LogP contribution < -0.4 is 26.0 Å². The van der Waals surface area contributed by atoms with Crippen molar-refractivity contribution in [1.82, 2.24) is 26.0 Å². The molecule has 0 aliphatic heterocycles. The van der Waals surface area contributed by atoms with E-state index >= 15 is 0 Å². The summed E-state index contributed by atoms with van der Waals surface area (Å²) in [5.74, 6) is -5.19. The molecule has 0 saturated heterocycles. The second-order valence-corrected chi connectivity index (χ2v) is 11.0. The van der Waals surface area contributed by atoms with Crippen LogP contribution in [0.2, 0.25) is 0 Å². The molecular formula is C24H43N5O13S. The highest BCUT2D eigenvalue weighted by Gasteiger charge is 2.24. The quantitative estimate of drug-likeness (QED) is 0.0463. The molecule has 2 atom stereocenters. The van der Waals surface area contributed by atoms with E-state index in [9.17, 15) is 47.4 Å². The third kappa shape index (κ3) is 21.9. The number of rotatable bonds is 26. The minimum absolute atomic E-state index is 0.00955. The van der Waals surface area contributed by atoms with Crippen LogP contribution in [-0.4, -0.2) is 132 Å². The maximum absolute atomic E-state index is 12.2. The van der Waals surface area contributed by atoms with E-state index in [1.165, 1.54) is 14.2 Å². The summed E-state index contributed by atoms with van der Waals surface area (Å²) in [4.78, 5) is 70.5. The van der Waals surface area contributed by atoms with Crippen molar-refractivity contribution in [3.8, 4) is 0 Å². The fourth-order valence-electron chi connectivity index (χ4n) is 3.21. The monoisotopic (exact) mass is 641 g/mol. The second-order valence-electron chi connectivity index (χ2n) is 8.98. The molecule has 0 aliphatic rings. The van der Waals surface area contributed by atoms with E-state index in [0.29, 0.717) is 0 Å². The van der Waals surface area contributed by atoms with Gasteiger partial charge >= 0.3 is 11.9 Å². The van der Waals surface area contributed by atoms with E-state index in [1.54, 1.807) is 0 Å². The molecule has 0 aromatic heterocycles. The summed E-state index contributed by atoms with van der Waals surface area (Å²) in [7, 11) is -0.614. The van der Waals surface area contributed by atoms with Gasteiger partial charge in [-0.05, 0) is 26.3 Å². The number of sulfonamides is 1. The molecule has 0 radical (unpaired) electrons. The van der Waals surface area contributed by atoms with Gasteiger partial charge in [0.2, 0.25) is 33.7 Å². The first kappa shape index (κ1) is 39.6. The van der Waals surface area contributed by atoms with Crippen LogP contribution in [0, 0.1) is 0 Å². The van der Waals surface area contributed by atoms with Gasteiger partial charge < -0.3 is 45.7 Å². The lowest BCUT2D eigenvalue weighted by Gasteiger charge is -2.17. The Bertz CT molecular complexity index is 1010. The zero-order valence-electron chi connectivity index (χ0n) is 24.3. The molecule has 43 heavy (non-hydrogen) atoms. The number of amides is 4. The topological polar surface area (TPSA) is 265 Å². The first-order chi connectivity index (χ1) is 20.3. The summed E-state index contributed by atoms with van der Waals surface area (Å²) in [6, 6.07) is -2.80. The smallest absolute Gasteiger partial charge is 0.326 e. The van der Waals surface area contributed by atoms with Crippen molar-refractivity contribution in [2.45, 2.75) is 50.6 Å². The summed E-state index contributed by atoms with van der Waals surface area (Å²) in [5, 5.41) is 28.2. The predicted octanol–water partition coefficient (Wildman–Crippen LogP) is -3.07. The highest BCUT2D eigenvalue weighted by Crippen LogP contribution is 2.03. The van der Waals surface area contributed by atoms with Gasteiger partial charge in [-0.1, -0.05) is 0 Å². The molecule has 19 heteroatoms. The highest BCUT2D eigenvalue weighted by molar-refractivity contribution is 7.89. The standard InChI is InChI=1S/C24H43N5O13S/c1-25-43(38,39)15-3-4-19(30)27-10-12-41-13-14-42-16-22(33)29-18(24(36)37)6-8-21(32)28-17(23(34)35)5-7-20(31)26-9-11-40-2/h17-18,25H,3-16H2,1-2H3,(H,26,31)(H,27,30)(H,28,32)(H,29,33)(H,34,35)(H,36,37)/t17-,18-/m0/s1. The van der Waals surface area contributed by atoms with E-state index in [0.717, 1.165) is 0 Å². The van der Waals surface area contributed by atoms with Crippen LogP contribution in [0.25, 0.3) is 0 Å². The van der Waals surface area contributed by atoms with Crippen molar-refractivity contribution in [2.24, 2.45) is 0 Å². The van der Waals surface area contributed by atoms with Gasteiger partial charge in [0.05, 0.1) is 32.2 Å². The zero-order valence-corrected chi connectivity index (χ0v) is 25.2. The normalized spacial score (nSPS) is 12.5. The molecule has 0 fully saturated rings. The fraction of sp³-hybridized carbons (Fsp3) is 0.750. The van der Waals surface area contributed by atoms with Crippen molar-refractivity contribution in [2.75, 3.05) is 66.0 Å². The van der Waals surface area contributed by atoms with Gasteiger partial charge in [0, 0.05) is 39.5 Å². The van der Waals surface area contributed by atoms with E-state index in [4.69, 9.17) is 14.2 Å². The van der Waals surface area contributed by atoms with Crippen LogP contribution >= 0.6 is 0 Å². The highest BCUT2D eigenvalue weighted by atomic mass is 32.2. The minimum atomic E-state index is -3.36. The van der Waals surface area contributed by atoms with Crippen molar-refractivity contribution >= 4 is 45.6 Å². The van der Waals surface area contributed by atoms with Crippen LogP contribution in [0.5, 0.6) is 0 Å². The third-order valence-corrected chi connectivity index (χ3v) is 6.96. The van der Waals surface area contributed by atoms with Crippen LogP contribution in [0.4, 0.5) is 0 Å². The molecule has 0 aromatic carbocycles. The lowest BCUT2D eigenvalue weighted by molar-refractivity contribution is -0.144. The molecular weight excluding hydrogens is 598 g/mol. The number of hydrogen-bond donors (Lipinski definition) is 7. The summed E-state index contributed by atoms with van der Waals surface area (Å²) >= 11 is 0. The summed E-state index contributed by atoms with van der Waals surface area (Å²) in [6.07, 6.45) is -0.855. The van der Waals surface area contributed by atoms with Crippen molar-refractivity contribution < 1.29 is 61.6 Å². The van der Waals surface area contributed by atoms with Gasteiger partial charge in [-0.15, -0.1) is 0 Å². The Hall–Kier alpha value is -3.39. The van der Waals surface area contributed by atoms with Crippen LogP contribution in [0.3, 0.4) is 0 Å². The average Bonchev–Trinajstić information content (AvgIpc) is 2.94. The number of carboxylic acid groups (broad SMARTS) is 2. The van der Waals surface area contributed by atoms with E-state index in [1.807, 2.05) is 0 Å². The predicted molar refractivity (Wildman–Crippen MR) is 149 cm³/mol. The number of hydrogen-bond acceptors (Lipinski definition) is 11. The van der Waals surface area contributed by atoms with Crippen LogP contribution in [0.1, 0.15) is 38.5 Å². The number of carbonyl (C=O) groups excluding carboxylic acids is 4. The summed E-state index contributed by atoms with van der Waals surface area (Å²) in [5.41, 5.74) is 0. The van der Waals surface area contributed by atoms with Gasteiger partial charge in [-0.3, -0.25) is 19.2 Å². The molecule has 0 spiro atoms. The van der Waals surface area contributed by atoms with E-state index < -0.39 is 64.8 Å². The van der Waals surface area contributed by atoms with Gasteiger partial charge in [0.25, 0.3) is 0 Å².